The molecular weight excluding hydrogens is 222 g/mol. The van der Waals surface area contributed by atoms with E-state index in [0.717, 1.165) is 11.9 Å². The average Bonchev–Trinajstić information content (AvgIpc) is 3.13. The van der Waals surface area contributed by atoms with Crippen LogP contribution in [0.5, 0.6) is 0 Å². The number of hydrogen-bond acceptors (Lipinski definition) is 2. The van der Waals surface area contributed by atoms with Crippen LogP contribution < -0.4 is 5.32 Å². The molecule has 0 radical (unpaired) electrons. The van der Waals surface area contributed by atoms with E-state index in [1.807, 2.05) is 7.05 Å². The molecule has 0 bridgehead atoms. The van der Waals surface area contributed by atoms with Gasteiger partial charge in [-0.05, 0) is 50.9 Å². The van der Waals surface area contributed by atoms with Crippen molar-refractivity contribution in [3.05, 3.63) is 29.6 Å². The summed E-state index contributed by atoms with van der Waals surface area (Å²) in [6, 6.07) is 7.64. The molecule has 1 aromatic heterocycles. The minimum absolute atomic E-state index is 0.360. The Balaban J connectivity index is 2.19. The molecule has 1 aliphatic rings. The lowest BCUT2D eigenvalue weighted by molar-refractivity contribution is 0.514. The molecule has 18 heavy (non-hydrogen) atoms. The number of aromatic nitrogens is 2. The van der Waals surface area contributed by atoms with E-state index in [0.29, 0.717) is 12.1 Å². The predicted octanol–water partition coefficient (Wildman–Crippen LogP) is 3.35. The van der Waals surface area contributed by atoms with Crippen molar-refractivity contribution in [2.45, 2.75) is 45.2 Å². The van der Waals surface area contributed by atoms with Crippen molar-refractivity contribution < 1.29 is 0 Å². The molecule has 0 spiro atoms. The van der Waals surface area contributed by atoms with Crippen molar-refractivity contribution in [3.8, 4) is 0 Å². The lowest BCUT2D eigenvalue weighted by atomic mass is 10.2. The minimum atomic E-state index is 0.360. The third-order valence-corrected chi connectivity index (χ3v) is 3.85. The molecule has 1 heterocycles. The largest absolute Gasteiger partial charge is 0.324 e. The van der Waals surface area contributed by atoms with Crippen molar-refractivity contribution in [2.75, 3.05) is 7.05 Å². The highest BCUT2D eigenvalue weighted by atomic mass is 15.2. The van der Waals surface area contributed by atoms with Crippen molar-refractivity contribution in [1.29, 1.82) is 0 Å². The van der Waals surface area contributed by atoms with E-state index in [2.05, 4.69) is 41.9 Å². The summed E-state index contributed by atoms with van der Waals surface area (Å²) < 4.78 is 2.46. The molecule has 3 rings (SSSR count). The zero-order valence-electron chi connectivity index (χ0n) is 11.4. The van der Waals surface area contributed by atoms with Gasteiger partial charge in [-0.15, -0.1) is 0 Å². The fraction of sp³-hybridized carbons (Fsp3) is 0.533. The average molecular weight is 243 g/mol. The third kappa shape index (κ3) is 1.83. The fourth-order valence-corrected chi connectivity index (χ4v) is 2.71. The third-order valence-electron chi connectivity index (χ3n) is 3.85. The highest BCUT2D eigenvalue weighted by Gasteiger charge is 2.30. The monoisotopic (exact) mass is 243 g/mol. The molecule has 3 nitrogen and oxygen atoms in total. The van der Waals surface area contributed by atoms with Gasteiger partial charge in [0.2, 0.25) is 0 Å². The Morgan fingerprint density at radius 3 is 2.83 bits per heavy atom. The number of imidazole rings is 1. The van der Waals surface area contributed by atoms with Crippen LogP contribution in [0.15, 0.2) is 18.2 Å². The Kier molecular flexibility index (Phi) is 2.86. The Morgan fingerprint density at radius 2 is 2.22 bits per heavy atom. The van der Waals surface area contributed by atoms with Crippen LogP contribution in [0.4, 0.5) is 0 Å². The van der Waals surface area contributed by atoms with Gasteiger partial charge in [0.15, 0.2) is 0 Å². The first-order valence-corrected chi connectivity index (χ1v) is 6.90. The van der Waals surface area contributed by atoms with Crippen LogP contribution in [-0.4, -0.2) is 16.6 Å². The molecule has 1 aromatic carbocycles. The van der Waals surface area contributed by atoms with Crippen LogP contribution >= 0.6 is 0 Å². The Hall–Kier alpha value is -1.35. The van der Waals surface area contributed by atoms with Gasteiger partial charge in [0.1, 0.15) is 5.82 Å². The summed E-state index contributed by atoms with van der Waals surface area (Å²) >= 11 is 0. The van der Waals surface area contributed by atoms with Crippen LogP contribution in [0.25, 0.3) is 11.0 Å². The smallest absolute Gasteiger partial charge is 0.127 e. The first-order chi connectivity index (χ1) is 8.74. The molecule has 3 heteroatoms. The van der Waals surface area contributed by atoms with Crippen molar-refractivity contribution in [1.82, 2.24) is 14.9 Å². The topological polar surface area (TPSA) is 29.9 Å². The molecule has 1 fully saturated rings. The quantitative estimate of drug-likeness (QED) is 0.892. The number of benzene rings is 1. The number of rotatable bonds is 4. The zero-order valence-corrected chi connectivity index (χ0v) is 11.4. The normalized spacial score (nSPS) is 17.3. The van der Waals surface area contributed by atoms with Crippen LogP contribution in [0.1, 0.15) is 49.7 Å². The Labute approximate surface area is 108 Å². The van der Waals surface area contributed by atoms with Crippen molar-refractivity contribution in [3.63, 3.8) is 0 Å². The molecule has 0 aliphatic heterocycles. The van der Waals surface area contributed by atoms with E-state index in [-0.39, 0.29) is 0 Å². The summed E-state index contributed by atoms with van der Waals surface area (Å²) in [4.78, 5) is 4.88. The predicted molar refractivity (Wildman–Crippen MR) is 74.8 cm³/mol. The van der Waals surface area contributed by atoms with Crippen LogP contribution in [0.3, 0.4) is 0 Å². The number of fused-ring (bicyclic) bond motifs is 1. The van der Waals surface area contributed by atoms with E-state index < -0.39 is 0 Å². The molecule has 0 amide bonds. The molecule has 1 N–H and O–H groups in total. The van der Waals surface area contributed by atoms with Gasteiger partial charge in [0, 0.05) is 6.04 Å². The van der Waals surface area contributed by atoms with Gasteiger partial charge < -0.3 is 9.88 Å². The van der Waals surface area contributed by atoms with E-state index in [1.165, 1.54) is 29.7 Å². The Bertz CT molecular complexity index is 562. The summed E-state index contributed by atoms with van der Waals surface area (Å²) in [6.07, 6.45) is 3.67. The van der Waals surface area contributed by atoms with E-state index in [9.17, 15) is 0 Å². The summed E-state index contributed by atoms with van der Waals surface area (Å²) in [7, 11) is 2.02. The van der Waals surface area contributed by atoms with Gasteiger partial charge in [-0.25, -0.2) is 4.98 Å². The standard InChI is InChI=1S/C15H21N3/c1-4-12(16-3)15-17-13-9-10(2)5-8-14(13)18(15)11-6-7-11/h5,8-9,11-12,16H,4,6-7H2,1-3H3. The zero-order chi connectivity index (χ0) is 12.7. The first-order valence-electron chi connectivity index (χ1n) is 6.90. The van der Waals surface area contributed by atoms with E-state index in [1.54, 1.807) is 0 Å². The fourth-order valence-electron chi connectivity index (χ4n) is 2.71. The highest BCUT2D eigenvalue weighted by molar-refractivity contribution is 5.77. The van der Waals surface area contributed by atoms with Gasteiger partial charge in [-0.1, -0.05) is 13.0 Å². The minimum Gasteiger partial charge on any atom is -0.324 e. The van der Waals surface area contributed by atoms with Gasteiger partial charge in [-0.3, -0.25) is 0 Å². The second-order valence-electron chi connectivity index (χ2n) is 5.31. The maximum atomic E-state index is 4.88. The second kappa shape index (κ2) is 4.39. The summed E-state index contributed by atoms with van der Waals surface area (Å²) in [6.45, 7) is 4.34. The SMILES string of the molecule is CCC(NC)c1nc2cc(C)ccc2n1C1CC1. The van der Waals surface area contributed by atoms with Gasteiger partial charge in [0.25, 0.3) is 0 Å². The molecule has 1 unspecified atom stereocenters. The molecule has 1 atom stereocenters. The maximum absolute atomic E-state index is 4.88. The summed E-state index contributed by atoms with van der Waals surface area (Å²) in [5.41, 5.74) is 3.73. The number of aryl methyl sites for hydroxylation is 1. The maximum Gasteiger partial charge on any atom is 0.127 e. The van der Waals surface area contributed by atoms with Gasteiger partial charge in [0.05, 0.1) is 17.1 Å². The number of nitrogens with one attached hydrogen (secondary N) is 1. The molecule has 1 aliphatic carbocycles. The number of hydrogen-bond donors (Lipinski definition) is 1. The van der Waals surface area contributed by atoms with E-state index >= 15 is 0 Å². The summed E-state index contributed by atoms with van der Waals surface area (Å²) in [5.74, 6) is 1.21. The van der Waals surface area contributed by atoms with Crippen LogP contribution in [0.2, 0.25) is 0 Å². The number of nitrogens with zero attached hydrogens (tertiary/aromatic N) is 2. The van der Waals surface area contributed by atoms with Gasteiger partial charge in [-0.2, -0.15) is 0 Å². The Morgan fingerprint density at radius 1 is 1.44 bits per heavy atom. The van der Waals surface area contributed by atoms with Crippen molar-refractivity contribution >= 4 is 11.0 Å². The molecule has 2 aromatic rings. The lowest BCUT2D eigenvalue weighted by Crippen LogP contribution is -2.19. The van der Waals surface area contributed by atoms with E-state index in [4.69, 9.17) is 4.98 Å². The highest BCUT2D eigenvalue weighted by Crippen LogP contribution is 2.40. The van der Waals surface area contributed by atoms with Crippen LogP contribution in [0, 0.1) is 6.92 Å². The molecule has 0 saturated heterocycles. The molecule has 1 saturated carbocycles. The molecule has 96 valence electrons. The van der Waals surface area contributed by atoms with Crippen molar-refractivity contribution in [2.24, 2.45) is 0 Å². The van der Waals surface area contributed by atoms with Crippen LogP contribution in [-0.2, 0) is 0 Å². The first kappa shape index (κ1) is 11.7. The lowest BCUT2D eigenvalue weighted by Gasteiger charge is -2.15. The molecular formula is C15H21N3. The van der Waals surface area contributed by atoms with Gasteiger partial charge >= 0.3 is 0 Å². The second-order valence-corrected chi connectivity index (χ2v) is 5.31. The summed E-state index contributed by atoms with van der Waals surface area (Å²) in [5, 5.41) is 3.38.